The van der Waals surface area contributed by atoms with Crippen molar-refractivity contribution in [2.45, 2.75) is 58.3 Å². The molecule has 12 heteroatoms. The van der Waals surface area contributed by atoms with Gasteiger partial charge in [-0.2, -0.15) is 0 Å². The van der Waals surface area contributed by atoms with E-state index >= 15 is 0 Å². The van der Waals surface area contributed by atoms with Gasteiger partial charge in [0.1, 0.15) is 5.75 Å². The molecule has 0 saturated carbocycles. The fourth-order valence-corrected chi connectivity index (χ4v) is 5.29. The number of hydrogen-bond acceptors (Lipinski definition) is 8. The fraction of sp³-hybridized carbons (Fsp3) is 0.552. The zero-order valence-corrected chi connectivity index (χ0v) is 25.3. The van der Waals surface area contributed by atoms with Gasteiger partial charge in [0, 0.05) is 56.3 Å². The molecule has 0 aliphatic carbocycles. The number of carbonyl (C=O) groups is 2. The summed E-state index contributed by atoms with van der Waals surface area (Å²) in [5.74, 6) is -0.444. The summed E-state index contributed by atoms with van der Waals surface area (Å²) in [6.07, 6.45) is 5.93. The van der Waals surface area contributed by atoms with Crippen LogP contribution < -0.4 is 9.46 Å². The average Bonchev–Trinajstić information content (AvgIpc) is 2.93. The number of aromatic nitrogens is 1. The van der Waals surface area contributed by atoms with Crippen molar-refractivity contribution >= 4 is 27.5 Å². The van der Waals surface area contributed by atoms with Gasteiger partial charge in [-0.15, -0.1) is 0 Å². The monoisotopic (exact) mass is 590 g/mol. The van der Waals surface area contributed by atoms with Gasteiger partial charge in [-0.3, -0.25) is 19.3 Å². The topological polar surface area (TPSA) is 138 Å². The maximum absolute atomic E-state index is 14.0. The van der Waals surface area contributed by atoms with Gasteiger partial charge in [0.15, 0.2) is 0 Å². The van der Waals surface area contributed by atoms with E-state index in [2.05, 4.69) is 9.71 Å². The first kappa shape index (κ1) is 32.3. The van der Waals surface area contributed by atoms with Crippen molar-refractivity contribution < 1.29 is 32.6 Å². The van der Waals surface area contributed by atoms with E-state index in [-0.39, 0.29) is 48.4 Å². The maximum Gasteiger partial charge on any atom is 0.258 e. The van der Waals surface area contributed by atoms with Crippen LogP contribution in [-0.2, 0) is 14.8 Å². The SMILES string of the molecule is C[C@@H]1CCCCO[C@@H](CN(C)C(=O)c2ccncc2)[C@H](C)CN([C@H](C)CO)C(=O)c2cc(NS(C)(=O)=O)ccc2O1. The third-order valence-corrected chi connectivity index (χ3v) is 7.69. The van der Waals surface area contributed by atoms with E-state index in [4.69, 9.17) is 9.47 Å². The Labute approximate surface area is 242 Å². The van der Waals surface area contributed by atoms with Crippen LogP contribution in [0.2, 0.25) is 0 Å². The molecule has 2 aromatic rings. The molecule has 0 bridgehead atoms. The van der Waals surface area contributed by atoms with Crippen LogP contribution in [0, 0.1) is 5.92 Å². The lowest BCUT2D eigenvalue weighted by Crippen LogP contribution is -2.48. The van der Waals surface area contributed by atoms with Gasteiger partial charge in [-0.05, 0) is 63.4 Å². The van der Waals surface area contributed by atoms with Gasteiger partial charge in [0.25, 0.3) is 11.8 Å². The number of pyridine rings is 1. The standard InChI is InChI=1S/C29H42N4O7S/c1-20-17-33(21(2)19-34)29(36)25-16-24(31-41(5,37)38)9-10-26(25)40-22(3)8-6-7-15-39-27(20)18-32(4)28(35)23-11-13-30-14-12-23/h9-14,16,20-22,27,31,34H,6-8,15,17-19H2,1-5H3/t20-,21-,22-,27+/m1/s1. The molecule has 0 spiro atoms. The summed E-state index contributed by atoms with van der Waals surface area (Å²) in [6.45, 7) is 6.34. The summed E-state index contributed by atoms with van der Waals surface area (Å²) >= 11 is 0. The zero-order chi connectivity index (χ0) is 30.2. The van der Waals surface area contributed by atoms with Crippen molar-refractivity contribution in [2.75, 3.05) is 44.3 Å². The Kier molecular flexibility index (Phi) is 11.5. The first-order valence-electron chi connectivity index (χ1n) is 13.9. The lowest BCUT2D eigenvalue weighted by atomic mass is 10.0. The van der Waals surface area contributed by atoms with Crippen LogP contribution in [0.15, 0.2) is 42.7 Å². The Morgan fingerprint density at radius 3 is 2.59 bits per heavy atom. The number of carbonyl (C=O) groups excluding carboxylic acids is 2. The number of fused-ring (bicyclic) bond motifs is 1. The zero-order valence-electron chi connectivity index (χ0n) is 24.4. The molecule has 2 amide bonds. The van der Waals surface area contributed by atoms with Crippen molar-refractivity contribution in [3.05, 3.63) is 53.9 Å². The number of aliphatic hydroxyl groups is 1. The molecule has 3 rings (SSSR count). The van der Waals surface area contributed by atoms with Gasteiger partial charge in [-0.1, -0.05) is 6.92 Å². The van der Waals surface area contributed by atoms with Gasteiger partial charge in [0.2, 0.25) is 10.0 Å². The number of likely N-dealkylation sites (N-methyl/N-ethyl adjacent to an activating group) is 1. The third kappa shape index (κ3) is 9.40. The van der Waals surface area contributed by atoms with Crippen LogP contribution >= 0.6 is 0 Å². The molecule has 4 atom stereocenters. The fourth-order valence-electron chi connectivity index (χ4n) is 4.73. The van der Waals surface area contributed by atoms with Gasteiger partial charge in [0.05, 0.1) is 36.7 Å². The van der Waals surface area contributed by atoms with E-state index in [0.29, 0.717) is 24.5 Å². The van der Waals surface area contributed by atoms with E-state index in [9.17, 15) is 23.1 Å². The summed E-state index contributed by atoms with van der Waals surface area (Å²) < 4.78 is 38.7. The molecule has 0 radical (unpaired) electrons. The van der Waals surface area contributed by atoms with Crippen molar-refractivity contribution in [3.63, 3.8) is 0 Å². The lowest BCUT2D eigenvalue weighted by Gasteiger charge is -2.36. The number of amides is 2. The molecule has 0 unspecified atom stereocenters. The summed E-state index contributed by atoms with van der Waals surface area (Å²) in [6, 6.07) is 7.40. The maximum atomic E-state index is 14.0. The number of benzene rings is 1. The predicted octanol–water partition coefficient (Wildman–Crippen LogP) is 3.02. The second-order valence-corrected chi connectivity index (χ2v) is 12.6. The highest BCUT2D eigenvalue weighted by Gasteiger charge is 2.31. The van der Waals surface area contributed by atoms with Crippen LogP contribution in [-0.4, -0.2) is 98.0 Å². The molecule has 1 aromatic carbocycles. The quantitative estimate of drug-likeness (QED) is 0.502. The first-order chi connectivity index (χ1) is 19.4. The lowest BCUT2D eigenvalue weighted by molar-refractivity contribution is -0.0149. The van der Waals surface area contributed by atoms with E-state index in [0.717, 1.165) is 25.5 Å². The van der Waals surface area contributed by atoms with Gasteiger partial charge >= 0.3 is 0 Å². The Morgan fingerprint density at radius 1 is 1.22 bits per heavy atom. The van der Waals surface area contributed by atoms with Crippen LogP contribution in [0.25, 0.3) is 0 Å². The first-order valence-corrected chi connectivity index (χ1v) is 15.8. The summed E-state index contributed by atoms with van der Waals surface area (Å²) in [5, 5.41) is 10.1. The number of sulfonamides is 1. The molecule has 1 aliphatic heterocycles. The summed E-state index contributed by atoms with van der Waals surface area (Å²) in [7, 11) is -1.86. The highest BCUT2D eigenvalue weighted by atomic mass is 32.2. The number of ether oxygens (including phenoxy) is 2. The number of anilines is 1. The highest BCUT2D eigenvalue weighted by Crippen LogP contribution is 2.29. The molecule has 1 aromatic heterocycles. The number of rotatable bonds is 7. The van der Waals surface area contributed by atoms with E-state index in [1.165, 1.54) is 6.07 Å². The second kappa shape index (κ2) is 14.6. The number of hydrogen-bond donors (Lipinski definition) is 2. The molecule has 41 heavy (non-hydrogen) atoms. The minimum absolute atomic E-state index is 0.162. The minimum Gasteiger partial charge on any atom is -0.490 e. The number of nitrogens with zero attached hydrogens (tertiary/aromatic N) is 3. The Morgan fingerprint density at radius 2 is 1.93 bits per heavy atom. The largest absolute Gasteiger partial charge is 0.490 e. The van der Waals surface area contributed by atoms with E-state index in [1.807, 2.05) is 13.8 Å². The molecule has 226 valence electrons. The van der Waals surface area contributed by atoms with Crippen molar-refractivity contribution in [3.8, 4) is 5.75 Å². The molecular formula is C29H42N4O7S. The summed E-state index contributed by atoms with van der Waals surface area (Å²) in [5.41, 5.74) is 0.947. The van der Waals surface area contributed by atoms with Crippen molar-refractivity contribution in [1.82, 2.24) is 14.8 Å². The average molecular weight is 591 g/mol. The number of aliphatic hydroxyl groups excluding tert-OH is 1. The molecule has 1 aliphatic rings. The van der Waals surface area contributed by atoms with Crippen LogP contribution in [0.4, 0.5) is 5.69 Å². The smallest absolute Gasteiger partial charge is 0.258 e. The van der Waals surface area contributed by atoms with Crippen LogP contribution in [0.5, 0.6) is 5.75 Å². The molecular weight excluding hydrogens is 548 g/mol. The van der Waals surface area contributed by atoms with Crippen molar-refractivity contribution in [1.29, 1.82) is 0 Å². The van der Waals surface area contributed by atoms with Gasteiger partial charge < -0.3 is 24.4 Å². The normalized spacial score (nSPS) is 21.7. The summed E-state index contributed by atoms with van der Waals surface area (Å²) in [4.78, 5) is 34.2. The molecule has 2 heterocycles. The van der Waals surface area contributed by atoms with Crippen LogP contribution in [0.3, 0.4) is 0 Å². The third-order valence-electron chi connectivity index (χ3n) is 7.08. The Bertz CT molecular complexity index is 1280. The number of nitrogens with one attached hydrogen (secondary N) is 1. The molecule has 11 nitrogen and oxygen atoms in total. The highest BCUT2D eigenvalue weighted by molar-refractivity contribution is 7.92. The van der Waals surface area contributed by atoms with E-state index in [1.54, 1.807) is 60.4 Å². The van der Waals surface area contributed by atoms with Crippen LogP contribution in [0.1, 0.15) is 60.7 Å². The minimum atomic E-state index is -3.58. The molecule has 0 fully saturated rings. The molecule has 0 saturated heterocycles. The predicted molar refractivity (Wildman–Crippen MR) is 157 cm³/mol. The second-order valence-electron chi connectivity index (χ2n) is 10.8. The van der Waals surface area contributed by atoms with Crippen molar-refractivity contribution in [2.24, 2.45) is 5.92 Å². The Hall–Kier alpha value is -3.22. The van der Waals surface area contributed by atoms with E-state index < -0.39 is 22.0 Å². The van der Waals surface area contributed by atoms with Gasteiger partial charge in [-0.25, -0.2) is 8.42 Å². The Balaban J connectivity index is 1.95. The molecule has 2 N–H and O–H groups in total.